The summed E-state index contributed by atoms with van der Waals surface area (Å²) in [6.07, 6.45) is 8.23. The second-order valence-electron chi connectivity index (χ2n) is 6.53. The molecule has 1 fully saturated rings. The second-order valence-corrected chi connectivity index (χ2v) is 7.45. The van der Waals surface area contributed by atoms with Crippen LogP contribution in [0.25, 0.3) is 5.82 Å². The Morgan fingerprint density at radius 2 is 2.07 bits per heavy atom. The number of rotatable bonds is 4. The Morgan fingerprint density at radius 3 is 2.74 bits per heavy atom. The van der Waals surface area contributed by atoms with E-state index in [4.69, 9.17) is 4.74 Å². The minimum atomic E-state index is -0.442. The molecule has 1 amide bonds. The van der Waals surface area contributed by atoms with E-state index in [0.29, 0.717) is 18.8 Å². The van der Waals surface area contributed by atoms with Gasteiger partial charge in [-0.05, 0) is 42.7 Å². The van der Waals surface area contributed by atoms with Crippen molar-refractivity contribution in [3.63, 3.8) is 0 Å². The SMILES string of the molecule is O=C(NC1(c2cccc(Br)c2)CCOCC1)c1ccc(-n2ccnc2)nc1. The van der Waals surface area contributed by atoms with Gasteiger partial charge >= 0.3 is 0 Å². The van der Waals surface area contributed by atoms with Crippen LogP contribution in [0.3, 0.4) is 0 Å². The predicted octanol–water partition coefficient (Wildman–Crippen LogP) is 3.47. The summed E-state index contributed by atoms with van der Waals surface area (Å²) in [5, 5.41) is 3.25. The molecule has 0 spiro atoms. The molecule has 2 aromatic heterocycles. The van der Waals surface area contributed by atoms with E-state index in [1.165, 1.54) is 0 Å². The molecular formula is C20H19BrN4O2. The summed E-state index contributed by atoms with van der Waals surface area (Å²) in [5.41, 5.74) is 1.17. The van der Waals surface area contributed by atoms with E-state index < -0.39 is 5.54 Å². The Hall–Kier alpha value is -2.51. The number of carbonyl (C=O) groups is 1. The highest BCUT2D eigenvalue weighted by molar-refractivity contribution is 9.10. The van der Waals surface area contributed by atoms with Crippen molar-refractivity contribution in [2.45, 2.75) is 18.4 Å². The van der Waals surface area contributed by atoms with Crippen LogP contribution in [0, 0.1) is 0 Å². The van der Waals surface area contributed by atoms with Crippen LogP contribution in [0.2, 0.25) is 0 Å². The van der Waals surface area contributed by atoms with Gasteiger partial charge in [0.05, 0.1) is 11.1 Å². The zero-order valence-corrected chi connectivity index (χ0v) is 16.2. The number of imidazole rings is 1. The number of carbonyl (C=O) groups excluding carboxylic acids is 1. The van der Waals surface area contributed by atoms with Crippen molar-refractivity contribution in [2.75, 3.05) is 13.2 Å². The van der Waals surface area contributed by atoms with Crippen LogP contribution in [-0.2, 0) is 10.3 Å². The third-order valence-corrected chi connectivity index (χ3v) is 5.35. The number of halogens is 1. The van der Waals surface area contributed by atoms with E-state index >= 15 is 0 Å². The fourth-order valence-electron chi connectivity index (χ4n) is 3.35. The minimum Gasteiger partial charge on any atom is -0.381 e. The topological polar surface area (TPSA) is 69.0 Å². The maximum atomic E-state index is 13.0. The van der Waals surface area contributed by atoms with Crippen LogP contribution < -0.4 is 5.32 Å². The van der Waals surface area contributed by atoms with E-state index in [9.17, 15) is 4.79 Å². The number of ether oxygens (including phenoxy) is 1. The maximum absolute atomic E-state index is 13.0. The number of nitrogens with one attached hydrogen (secondary N) is 1. The first kappa shape index (κ1) is 17.9. The number of benzene rings is 1. The Kier molecular flexibility index (Phi) is 5.05. The van der Waals surface area contributed by atoms with Gasteiger partial charge in [0.1, 0.15) is 12.1 Å². The van der Waals surface area contributed by atoms with Gasteiger partial charge in [0.2, 0.25) is 0 Å². The summed E-state index contributed by atoms with van der Waals surface area (Å²) in [6, 6.07) is 11.7. The number of hydrogen-bond acceptors (Lipinski definition) is 4. The summed E-state index contributed by atoms with van der Waals surface area (Å²) >= 11 is 3.53. The monoisotopic (exact) mass is 426 g/mol. The Labute approximate surface area is 165 Å². The number of hydrogen-bond donors (Lipinski definition) is 1. The Morgan fingerprint density at radius 1 is 1.22 bits per heavy atom. The molecule has 27 heavy (non-hydrogen) atoms. The first-order valence-electron chi connectivity index (χ1n) is 8.77. The normalized spacial score (nSPS) is 16.0. The lowest BCUT2D eigenvalue weighted by Crippen LogP contribution is -2.49. The van der Waals surface area contributed by atoms with Crippen molar-refractivity contribution < 1.29 is 9.53 Å². The van der Waals surface area contributed by atoms with E-state index in [-0.39, 0.29) is 5.91 Å². The quantitative estimate of drug-likeness (QED) is 0.693. The smallest absolute Gasteiger partial charge is 0.253 e. The first-order valence-corrected chi connectivity index (χ1v) is 9.56. The number of aromatic nitrogens is 3. The van der Waals surface area contributed by atoms with Crippen molar-refractivity contribution >= 4 is 21.8 Å². The summed E-state index contributed by atoms with van der Waals surface area (Å²) in [7, 11) is 0. The molecule has 0 saturated carbocycles. The van der Waals surface area contributed by atoms with Crippen molar-refractivity contribution in [1.29, 1.82) is 0 Å². The molecule has 1 N–H and O–H groups in total. The van der Waals surface area contributed by atoms with Crippen molar-refractivity contribution in [3.8, 4) is 5.82 Å². The van der Waals surface area contributed by atoms with Gasteiger partial charge in [-0.15, -0.1) is 0 Å². The fraction of sp³-hybridized carbons (Fsp3) is 0.250. The van der Waals surface area contributed by atoms with Crippen molar-refractivity contribution in [2.24, 2.45) is 0 Å². The van der Waals surface area contributed by atoms with Gasteiger partial charge in [-0.3, -0.25) is 9.36 Å². The molecular weight excluding hydrogens is 408 g/mol. The van der Waals surface area contributed by atoms with Crippen LogP contribution in [-0.4, -0.2) is 33.7 Å². The molecule has 0 bridgehead atoms. The van der Waals surface area contributed by atoms with Gasteiger partial charge in [-0.25, -0.2) is 9.97 Å². The van der Waals surface area contributed by atoms with E-state index in [0.717, 1.165) is 28.7 Å². The van der Waals surface area contributed by atoms with Crippen LogP contribution in [0.4, 0.5) is 0 Å². The standard InChI is InChI=1S/C20H19BrN4O2/c21-17-3-1-2-16(12-17)20(6-10-27-11-7-20)24-19(26)15-4-5-18(23-13-15)25-9-8-22-14-25/h1-5,8-9,12-14H,6-7,10-11H2,(H,24,26). The van der Waals surface area contributed by atoms with E-state index in [1.807, 2.05) is 24.4 Å². The lowest BCUT2D eigenvalue weighted by Gasteiger charge is -2.38. The zero-order valence-electron chi connectivity index (χ0n) is 14.6. The summed E-state index contributed by atoms with van der Waals surface area (Å²) in [6.45, 7) is 1.23. The van der Waals surface area contributed by atoms with Gasteiger partial charge in [-0.1, -0.05) is 28.1 Å². The van der Waals surface area contributed by atoms with Crippen LogP contribution >= 0.6 is 15.9 Å². The molecule has 1 saturated heterocycles. The zero-order chi connectivity index (χ0) is 18.7. The highest BCUT2D eigenvalue weighted by Gasteiger charge is 2.36. The number of nitrogens with zero attached hydrogens (tertiary/aromatic N) is 3. The van der Waals surface area contributed by atoms with Crippen LogP contribution in [0.5, 0.6) is 0 Å². The third-order valence-electron chi connectivity index (χ3n) is 4.86. The largest absolute Gasteiger partial charge is 0.381 e. The molecule has 1 aliphatic heterocycles. The summed E-state index contributed by atoms with van der Waals surface area (Å²) in [5.74, 6) is 0.582. The molecule has 3 aromatic rings. The highest BCUT2D eigenvalue weighted by Crippen LogP contribution is 2.33. The lowest BCUT2D eigenvalue weighted by atomic mass is 9.82. The predicted molar refractivity (Wildman–Crippen MR) is 105 cm³/mol. The summed E-state index contributed by atoms with van der Waals surface area (Å²) < 4.78 is 8.32. The van der Waals surface area contributed by atoms with Crippen molar-refractivity contribution in [1.82, 2.24) is 19.9 Å². The van der Waals surface area contributed by atoms with Crippen LogP contribution in [0.15, 0.2) is 65.8 Å². The molecule has 7 heteroatoms. The Bertz CT molecular complexity index is 919. The average molecular weight is 427 g/mol. The molecule has 0 unspecified atom stereocenters. The average Bonchev–Trinajstić information content (AvgIpc) is 3.24. The van der Waals surface area contributed by atoms with Gasteiger partial charge < -0.3 is 10.1 Å². The summed E-state index contributed by atoms with van der Waals surface area (Å²) in [4.78, 5) is 21.3. The van der Waals surface area contributed by atoms with Crippen molar-refractivity contribution in [3.05, 3.63) is 76.9 Å². The molecule has 1 aliphatic rings. The molecule has 6 nitrogen and oxygen atoms in total. The fourth-order valence-corrected chi connectivity index (χ4v) is 3.75. The second kappa shape index (κ2) is 7.62. The van der Waals surface area contributed by atoms with Gasteiger partial charge in [0.15, 0.2) is 0 Å². The maximum Gasteiger partial charge on any atom is 0.253 e. The molecule has 0 radical (unpaired) electrons. The van der Waals surface area contributed by atoms with Gasteiger partial charge in [-0.2, -0.15) is 0 Å². The molecule has 1 aromatic carbocycles. The highest BCUT2D eigenvalue weighted by atomic mass is 79.9. The van der Waals surface area contributed by atoms with Gasteiger partial charge in [0.25, 0.3) is 5.91 Å². The van der Waals surface area contributed by atoms with E-state index in [1.54, 1.807) is 29.4 Å². The molecule has 4 rings (SSSR count). The third kappa shape index (κ3) is 3.79. The molecule has 0 aliphatic carbocycles. The first-order chi connectivity index (χ1) is 13.2. The molecule has 3 heterocycles. The van der Waals surface area contributed by atoms with Gasteiger partial charge in [0, 0.05) is 36.3 Å². The lowest BCUT2D eigenvalue weighted by molar-refractivity contribution is 0.0345. The van der Waals surface area contributed by atoms with Crippen LogP contribution in [0.1, 0.15) is 28.8 Å². The number of pyridine rings is 1. The number of amides is 1. The van der Waals surface area contributed by atoms with E-state index in [2.05, 4.69) is 43.3 Å². The molecule has 0 atom stereocenters. The molecule has 138 valence electrons. The Balaban J connectivity index is 1.58. The minimum absolute atomic E-state index is 0.137.